The van der Waals surface area contributed by atoms with Crippen molar-refractivity contribution in [3.8, 4) is 0 Å². The first kappa shape index (κ1) is 26.3. The van der Waals surface area contributed by atoms with Gasteiger partial charge >= 0.3 is 0 Å². The van der Waals surface area contributed by atoms with Gasteiger partial charge in [0.1, 0.15) is 18.8 Å². The number of pyridine rings is 1. The monoisotopic (exact) mass is 519 g/mol. The van der Waals surface area contributed by atoms with E-state index in [1.165, 1.54) is 24.8 Å². The summed E-state index contributed by atoms with van der Waals surface area (Å²) in [6.07, 6.45) is 10.9. The van der Waals surface area contributed by atoms with E-state index in [4.69, 9.17) is 5.73 Å². The van der Waals surface area contributed by atoms with Crippen molar-refractivity contribution in [2.45, 2.75) is 39.3 Å². The average Bonchev–Trinajstić information content (AvgIpc) is 2.95. The first-order valence-electron chi connectivity index (χ1n) is 13.5. The highest BCUT2D eigenvalue weighted by molar-refractivity contribution is 6.02. The zero-order chi connectivity index (χ0) is 27.1. The summed E-state index contributed by atoms with van der Waals surface area (Å²) >= 11 is 0. The smallest absolute Gasteiger partial charge is 0.265 e. The normalized spacial score (nSPS) is 15.1. The van der Waals surface area contributed by atoms with Gasteiger partial charge in [-0.25, -0.2) is 9.97 Å². The van der Waals surface area contributed by atoms with Crippen LogP contribution in [-0.2, 0) is 17.9 Å². The molecule has 0 unspecified atom stereocenters. The van der Waals surface area contributed by atoms with Crippen molar-refractivity contribution in [1.82, 2.24) is 15.0 Å². The fourth-order valence-electron chi connectivity index (χ4n) is 5.45. The Morgan fingerprint density at radius 3 is 2.23 bits per heavy atom. The van der Waals surface area contributed by atoms with E-state index in [0.29, 0.717) is 5.70 Å². The van der Waals surface area contributed by atoms with Crippen LogP contribution in [-0.4, -0.2) is 38.4 Å². The van der Waals surface area contributed by atoms with E-state index in [2.05, 4.69) is 39.2 Å². The van der Waals surface area contributed by atoms with Crippen LogP contribution in [0.4, 0.5) is 11.4 Å². The Morgan fingerprint density at radius 1 is 0.846 bits per heavy atom. The zero-order valence-corrected chi connectivity index (χ0v) is 22.4. The number of amides is 1. The number of carbonyl (C=O) groups is 1. The van der Waals surface area contributed by atoms with Gasteiger partial charge in [-0.3, -0.25) is 9.78 Å². The zero-order valence-electron chi connectivity index (χ0n) is 22.4. The van der Waals surface area contributed by atoms with Crippen molar-refractivity contribution < 1.29 is 9.28 Å². The lowest BCUT2D eigenvalue weighted by atomic mass is 10.0. The van der Waals surface area contributed by atoms with Crippen LogP contribution in [0.3, 0.4) is 0 Å². The maximum atomic E-state index is 12.8. The SMILES string of the molecule is Cc1cc(N(/C(=C/c2ccccc2)C(N)=O)c2ccc(C[N+]3(Cc4ncccn4)CCCCC3)cc2)ccn1. The van der Waals surface area contributed by atoms with Crippen molar-refractivity contribution in [1.29, 1.82) is 0 Å². The third kappa shape index (κ3) is 6.56. The van der Waals surface area contributed by atoms with Gasteiger partial charge in [-0.15, -0.1) is 0 Å². The second-order valence-corrected chi connectivity index (χ2v) is 10.3. The van der Waals surface area contributed by atoms with Crippen LogP contribution < -0.4 is 10.6 Å². The Kier molecular flexibility index (Phi) is 8.08. The van der Waals surface area contributed by atoms with Crippen molar-refractivity contribution in [3.63, 3.8) is 0 Å². The van der Waals surface area contributed by atoms with E-state index in [1.54, 1.807) is 6.20 Å². The molecule has 1 aliphatic rings. The molecule has 5 rings (SSSR count). The summed E-state index contributed by atoms with van der Waals surface area (Å²) in [5.74, 6) is 0.394. The van der Waals surface area contributed by atoms with Gasteiger partial charge < -0.3 is 15.1 Å². The van der Waals surface area contributed by atoms with Gasteiger partial charge in [-0.1, -0.05) is 42.5 Å². The lowest BCUT2D eigenvalue weighted by Gasteiger charge is -2.41. The van der Waals surface area contributed by atoms with Crippen LogP contribution >= 0.6 is 0 Å². The molecule has 198 valence electrons. The van der Waals surface area contributed by atoms with Gasteiger partial charge in [0.05, 0.1) is 13.1 Å². The predicted molar refractivity (Wildman–Crippen MR) is 154 cm³/mol. The molecule has 1 amide bonds. The molecule has 1 saturated heterocycles. The number of hydrogen-bond acceptors (Lipinski definition) is 5. The van der Waals surface area contributed by atoms with Gasteiger partial charge in [0.2, 0.25) is 0 Å². The van der Waals surface area contributed by atoms with Gasteiger partial charge in [0, 0.05) is 41.2 Å². The molecule has 2 N–H and O–H groups in total. The molecule has 7 nitrogen and oxygen atoms in total. The number of quaternary nitrogens is 1. The Morgan fingerprint density at radius 2 is 1.56 bits per heavy atom. The summed E-state index contributed by atoms with van der Waals surface area (Å²) in [6, 6.07) is 24.0. The highest BCUT2D eigenvalue weighted by atomic mass is 16.1. The Labute approximate surface area is 230 Å². The number of benzene rings is 2. The minimum Gasteiger partial charge on any atom is -0.364 e. The van der Waals surface area contributed by atoms with Crippen molar-refractivity contribution >= 4 is 23.4 Å². The predicted octanol–water partition coefficient (Wildman–Crippen LogP) is 5.55. The maximum absolute atomic E-state index is 12.8. The molecular weight excluding hydrogens is 484 g/mol. The number of aromatic nitrogens is 3. The maximum Gasteiger partial charge on any atom is 0.265 e. The van der Waals surface area contributed by atoms with E-state index >= 15 is 0 Å². The number of likely N-dealkylation sites (tertiary alicyclic amines) is 1. The van der Waals surface area contributed by atoms with E-state index < -0.39 is 5.91 Å². The number of primary amides is 1. The van der Waals surface area contributed by atoms with E-state index in [0.717, 1.165) is 59.1 Å². The summed E-state index contributed by atoms with van der Waals surface area (Å²) in [7, 11) is 0. The quantitative estimate of drug-likeness (QED) is 0.232. The van der Waals surface area contributed by atoms with Gasteiger partial charge in [0.25, 0.3) is 5.91 Å². The largest absolute Gasteiger partial charge is 0.364 e. The minimum atomic E-state index is -0.502. The molecule has 0 aliphatic carbocycles. The molecule has 2 aromatic carbocycles. The lowest BCUT2D eigenvalue weighted by molar-refractivity contribution is -0.958. The molecular formula is C32H35N6O+. The molecule has 0 spiro atoms. The van der Waals surface area contributed by atoms with Crippen molar-refractivity contribution in [2.75, 3.05) is 18.0 Å². The fraction of sp³-hybridized carbons (Fsp3) is 0.250. The summed E-state index contributed by atoms with van der Waals surface area (Å²) in [6.45, 7) is 5.92. The second kappa shape index (κ2) is 12.0. The summed E-state index contributed by atoms with van der Waals surface area (Å²) in [4.78, 5) is 28.1. The number of aryl methyl sites for hydroxylation is 1. The minimum absolute atomic E-state index is 0.389. The van der Waals surface area contributed by atoms with Crippen LogP contribution in [0.2, 0.25) is 0 Å². The average molecular weight is 520 g/mol. The Balaban J connectivity index is 1.48. The van der Waals surface area contributed by atoms with Gasteiger partial charge in [-0.2, -0.15) is 0 Å². The molecule has 0 radical (unpaired) electrons. The number of anilines is 2. The first-order valence-corrected chi connectivity index (χ1v) is 13.5. The Hall–Kier alpha value is -4.36. The van der Waals surface area contributed by atoms with Crippen molar-refractivity contribution in [3.05, 3.63) is 120 Å². The lowest BCUT2D eigenvalue weighted by Crippen LogP contribution is -2.50. The number of carbonyl (C=O) groups excluding carboxylic acids is 1. The highest BCUT2D eigenvalue weighted by Crippen LogP contribution is 2.32. The summed E-state index contributed by atoms with van der Waals surface area (Å²) in [5.41, 5.74) is 11.1. The molecule has 0 saturated carbocycles. The summed E-state index contributed by atoms with van der Waals surface area (Å²) < 4.78 is 0.955. The van der Waals surface area contributed by atoms with Crippen LogP contribution in [0.25, 0.3) is 6.08 Å². The van der Waals surface area contributed by atoms with Crippen molar-refractivity contribution in [2.24, 2.45) is 5.73 Å². The van der Waals surface area contributed by atoms with Gasteiger partial charge in [0.15, 0.2) is 5.82 Å². The number of nitrogens with zero attached hydrogens (tertiary/aromatic N) is 5. The van der Waals surface area contributed by atoms with Crippen LogP contribution in [0.15, 0.2) is 97.1 Å². The molecule has 0 atom stereocenters. The summed E-state index contributed by atoms with van der Waals surface area (Å²) in [5, 5.41) is 0. The number of nitrogens with two attached hydrogens (primary N) is 1. The van der Waals surface area contributed by atoms with Gasteiger partial charge in [-0.05, 0) is 68.2 Å². The van der Waals surface area contributed by atoms with E-state index in [9.17, 15) is 4.79 Å². The number of piperidine rings is 1. The highest BCUT2D eigenvalue weighted by Gasteiger charge is 2.31. The second-order valence-electron chi connectivity index (χ2n) is 10.3. The molecule has 1 fully saturated rings. The molecule has 7 heteroatoms. The first-order chi connectivity index (χ1) is 19.0. The number of rotatable bonds is 9. The Bertz CT molecular complexity index is 1410. The molecule has 1 aliphatic heterocycles. The fourth-order valence-corrected chi connectivity index (χ4v) is 5.45. The molecule has 3 heterocycles. The van der Waals surface area contributed by atoms with Crippen LogP contribution in [0.1, 0.15) is 41.9 Å². The topological polar surface area (TPSA) is 85.0 Å². The number of hydrogen-bond donors (Lipinski definition) is 1. The van der Waals surface area contributed by atoms with Crippen LogP contribution in [0.5, 0.6) is 0 Å². The van der Waals surface area contributed by atoms with E-state index in [-0.39, 0.29) is 0 Å². The third-order valence-corrected chi connectivity index (χ3v) is 7.31. The standard InChI is InChI=1S/C32H34N6O/c1-25-21-29(15-18-34-25)37(30(32(33)39)22-26-9-4-2-5-10-26)28-13-11-27(12-14-28)23-38(19-6-3-7-20-38)24-31-35-16-8-17-36-31/h2,4-5,8-18,21-22H,3,6-7,19-20,23-24H2,1H3,(H-,33,39)/p+1/b30-22+. The van der Waals surface area contributed by atoms with E-state index in [1.807, 2.05) is 78.8 Å². The third-order valence-electron chi connectivity index (χ3n) is 7.31. The van der Waals surface area contributed by atoms with Crippen LogP contribution in [0, 0.1) is 6.92 Å². The molecule has 2 aromatic heterocycles. The molecule has 0 bridgehead atoms. The molecule has 39 heavy (non-hydrogen) atoms. The molecule has 4 aromatic rings.